The predicted molar refractivity (Wildman–Crippen MR) is 105 cm³/mol. The first-order chi connectivity index (χ1) is 12.3. The number of fused-ring (bicyclic) bond motifs is 1. The first-order valence-corrected chi connectivity index (χ1v) is 9.25. The maximum atomic E-state index is 5.74. The number of anilines is 1. The van der Waals surface area contributed by atoms with Crippen molar-refractivity contribution in [1.29, 1.82) is 0 Å². The highest BCUT2D eigenvalue weighted by Gasteiger charge is 2.05. The van der Waals surface area contributed by atoms with E-state index in [1.54, 1.807) is 7.11 Å². The molecule has 0 spiro atoms. The summed E-state index contributed by atoms with van der Waals surface area (Å²) in [5.74, 6) is 0.843. The molecule has 0 fully saturated rings. The summed E-state index contributed by atoms with van der Waals surface area (Å²) in [4.78, 5) is 6.90. The van der Waals surface area contributed by atoms with E-state index in [1.807, 2.05) is 24.4 Å². The summed E-state index contributed by atoms with van der Waals surface area (Å²) < 4.78 is 11.1. The van der Waals surface area contributed by atoms with Gasteiger partial charge in [0.2, 0.25) is 0 Å². The van der Waals surface area contributed by atoms with Gasteiger partial charge in [-0.25, -0.2) is 0 Å². The van der Waals surface area contributed by atoms with Gasteiger partial charge in [-0.1, -0.05) is 19.9 Å². The molecule has 138 valence electrons. The highest BCUT2D eigenvalue weighted by molar-refractivity contribution is 5.91. The van der Waals surface area contributed by atoms with Gasteiger partial charge in [0.15, 0.2) is 0 Å². The van der Waals surface area contributed by atoms with Crippen molar-refractivity contribution >= 4 is 16.6 Å². The largest absolute Gasteiger partial charge is 0.497 e. The Labute approximate surface area is 151 Å². The average molecular weight is 345 g/mol. The van der Waals surface area contributed by atoms with Crippen LogP contribution in [0.5, 0.6) is 5.75 Å². The molecule has 0 aliphatic rings. The Balaban J connectivity index is 1.71. The van der Waals surface area contributed by atoms with Crippen molar-refractivity contribution in [3.63, 3.8) is 0 Å². The van der Waals surface area contributed by atoms with E-state index in [9.17, 15) is 0 Å². The number of hydrogen-bond donors (Lipinski definition) is 1. The van der Waals surface area contributed by atoms with Gasteiger partial charge in [-0.15, -0.1) is 0 Å². The molecule has 0 aliphatic carbocycles. The molecule has 0 unspecified atom stereocenters. The molecular weight excluding hydrogens is 314 g/mol. The van der Waals surface area contributed by atoms with Crippen LogP contribution in [0.25, 0.3) is 10.9 Å². The van der Waals surface area contributed by atoms with Crippen LogP contribution in [0.15, 0.2) is 30.5 Å². The van der Waals surface area contributed by atoms with Crippen molar-refractivity contribution in [2.75, 3.05) is 51.8 Å². The lowest BCUT2D eigenvalue weighted by molar-refractivity contribution is 0.121. The van der Waals surface area contributed by atoms with E-state index in [4.69, 9.17) is 9.47 Å². The molecule has 5 nitrogen and oxygen atoms in total. The van der Waals surface area contributed by atoms with E-state index in [1.165, 1.54) is 0 Å². The van der Waals surface area contributed by atoms with Gasteiger partial charge < -0.3 is 19.7 Å². The zero-order valence-electron chi connectivity index (χ0n) is 15.8. The molecular formula is C20H31N3O2. The van der Waals surface area contributed by atoms with Crippen LogP contribution in [0.1, 0.15) is 26.7 Å². The van der Waals surface area contributed by atoms with Gasteiger partial charge in [0.25, 0.3) is 0 Å². The Morgan fingerprint density at radius 1 is 1.12 bits per heavy atom. The molecule has 1 aromatic heterocycles. The van der Waals surface area contributed by atoms with Gasteiger partial charge in [0.05, 0.1) is 18.3 Å². The number of nitrogens with one attached hydrogen (secondary N) is 1. The predicted octanol–water partition coefficient (Wildman–Crippen LogP) is 3.79. The van der Waals surface area contributed by atoms with Crippen LogP contribution in [0, 0.1) is 0 Å². The molecule has 0 saturated carbocycles. The summed E-state index contributed by atoms with van der Waals surface area (Å²) in [7, 11) is 1.69. The van der Waals surface area contributed by atoms with Crippen molar-refractivity contribution < 1.29 is 9.47 Å². The van der Waals surface area contributed by atoms with Crippen LogP contribution in [-0.2, 0) is 4.74 Å². The molecule has 1 aromatic carbocycles. The van der Waals surface area contributed by atoms with Gasteiger partial charge >= 0.3 is 0 Å². The zero-order chi connectivity index (χ0) is 17.9. The van der Waals surface area contributed by atoms with Crippen molar-refractivity contribution in [2.24, 2.45) is 0 Å². The molecule has 0 radical (unpaired) electrons. The third-order valence-corrected chi connectivity index (χ3v) is 4.35. The Hall–Kier alpha value is -1.85. The molecule has 1 heterocycles. The number of methoxy groups -OCH3 is 1. The molecule has 0 bridgehead atoms. The third-order valence-electron chi connectivity index (χ3n) is 4.35. The minimum atomic E-state index is 0.778. The first-order valence-electron chi connectivity index (χ1n) is 9.25. The molecule has 0 saturated heterocycles. The summed E-state index contributed by atoms with van der Waals surface area (Å²) in [6.07, 6.45) is 3.88. The van der Waals surface area contributed by atoms with Crippen LogP contribution >= 0.6 is 0 Å². The van der Waals surface area contributed by atoms with Gasteiger partial charge in [-0.3, -0.25) is 4.98 Å². The lowest BCUT2D eigenvalue weighted by atomic mass is 10.1. The van der Waals surface area contributed by atoms with Gasteiger partial charge in [-0.2, -0.15) is 0 Å². The molecule has 5 heteroatoms. The zero-order valence-corrected chi connectivity index (χ0v) is 15.8. The van der Waals surface area contributed by atoms with Crippen molar-refractivity contribution in [2.45, 2.75) is 26.7 Å². The molecule has 1 N–H and O–H groups in total. The Morgan fingerprint density at radius 2 is 1.92 bits per heavy atom. The fraction of sp³-hybridized carbons (Fsp3) is 0.550. The monoisotopic (exact) mass is 345 g/mol. The first kappa shape index (κ1) is 19.5. The van der Waals surface area contributed by atoms with Crippen LogP contribution in [-0.4, -0.2) is 56.4 Å². The number of rotatable bonds is 12. The van der Waals surface area contributed by atoms with E-state index in [0.29, 0.717) is 0 Å². The van der Waals surface area contributed by atoms with E-state index in [2.05, 4.69) is 35.1 Å². The summed E-state index contributed by atoms with van der Waals surface area (Å²) in [5.41, 5.74) is 1.99. The summed E-state index contributed by atoms with van der Waals surface area (Å²) >= 11 is 0. The van der Waals surface area contributed by atoms with Crippen LogP contribution < -0.4 is 10.1 Å². The normalized spacial score (nSPS) is 11.2. The van der Waals surface area contributed by atoms with Crippen molar-refractivity contribution in [3.05, 3.63) is 30.5 Å². The second kappa shape index (κ2) is 10.9. The molecule has 0 aliphatic heterocycles. The minimum Gasteiger partial charge on any atom is -0.497 e. The van der Waals surface area contributed by atoms with E-state index < -0.39 is 0 Å². The number of pyridine rings is 1. The smallest absolute Gasteiger partial charge is 0.121 e. The Bertz CT molecular complexity index is 629. The van der Waals surface area contributed by atoms with Gasteiger partial charge in [-0.05, 0) is 38.1 Å². The number of aromatic nitrogens is 1. The summed E-state index contributed by atoms with van der Waals surface area (Å²) in [5, 5.41) is 4.54. The second-order valence-corrected chi connectivity index (χ2v) is 6.02. The molecule has 0 amide bonds. The maximum absolute atomic E-state index is 5.74. The van der Waals surface area contributed by atoms with Gasteiger partial charge in [0.1, 0.15) is 5.75 Å². The van der Waals surface area contributed by atoms with E-state index in [0.717, 1.165) is 74.6 Å². The summed E-state index contributed by atoms with van der Waals surface area (Å²) in [6.45, 7) is 10.2. The quantitative estimate of drug-likeness (QED) is 0.593. The highest BCUT2D eigenvalue weighted by Crippen LogP contribution is 2.27. The maximum Gasteiger partial charge on any atom is 0.121 e. The Kier molecular flexibility index (Phi) is 8.49. The number of benzene rings is 1. The molecule has 25 heavy (non-hydrogen) atoms. The van der Waals surface area contributed by atoms with Crippen molar-refractivity contribution in [3.8, 4) is 5.75 Å². The third kappa shape index (κ3) is 6.18. The van der Waals surface area contributed by atoms with Crippen molar-refractivity contribution in [1.82, 2.24) is 9.88 Å². The fourth-order valence-corrected chi connectivity index (χ4v) is 2.85. The highest BCUT2D eigenvalue weighted by atomic mass is 16.5. The topological polar surface area (TPSA) is 46.6 Å². The molecule has 2 rings (SSSR count). The van der Waals surface area contributed by atoms with Crippen LogP contribution in [0.2, 0.25) is 0 Å². The Morgan fingerprint density at radius 3 is 2.68 bits per heavy atom. The van der Waals surface area contributed by atoms with Gasteiger partial charge in [0, 0.05) is 44.0 Å². The number of hydrogen-bond acceptors (Lipinski definition) is 5. The lowest BCUT2D eigenvalue weighted by Gasteiger charge is -2.17. The number of ether oxygens (including phenoxy) is 2. The van der Waals surface area contributed by atoms with Crippen LogP contribution in [0.4, 0.5) is 5.69 Å². The molecule has 2 aromatic rings. The second-order valence-electron chi connectivity index (χ2n) is 6.02. The van der Waals surface area contributed by atoms with E-state index in [-0.39, 0.29) is 0 Å². The van der Waals surface area contributed by atoms with Crippen LogP contribution in [0.3, 0.4) is 0 Å². The average Bonchev–Trinajstić information content (AvgIpc) is 2.66. The number of nitrogens with zero attached hydrogens (tertiary/aromatic N) is 2. The lowest BCUT2D eigenvalue weighted by Crippen LogP contribution is -2.24. The standard InChI is InChI=1S/C20H31N3O2/c1-4-23(5-2)12-8-14-25-13-7-11-21-19-16-18(24-3)15-17-9-6-10-22-20(17)19/h6,9-10,15-16,21H,4-5,7-8,11-14H2,1-3H3. The molecule has 0 atom stereocenters. The minimum absolute atomic E-state index is 0.778. The SMILES string of the molecule is CCN(CC)CCCOCCCNc1cc(OC)cc2cccnc12. The van der Waals surface area contributed by atoms with E-state index >= 15 is 0 Å². The fourth-order valence-electron chi connectivity index (χ4n) is 2.85. The summed E-state index contributed by atoms with van der Waals surface area (Å²) in [6, 6.07) is 8.00.